The topological polar surface area (TPSA) is 60.9 Å². The molecule has 5 heteroatoms. The molecule has 1 saturated heterocycles. The molecule has 0 aliphatic carbocycles. The van der Waals surface area contributed by atoms with Crippen molar-refractivity contribution in [3.63, 3.8) is 0 Å². The van der Waals surface area contributed by atoms with E-state index in [0.29, 0.717) is 19.5 Å². The maximum Gasteiger partial charge on any atom is 0.242 e. The number of likely N-dealkylation sites (tertiary alicyclic amines) is 1. The Morgan fingerprint density at radius 2 is 2.33 bits per heavy atom. The molecule has 86 valence electrons. The summed E-state index contributed by atoms with van der Waals surface area (Å²) in [4.78, 5) is 25.9. The monoisotopic (exact) mass is 214 g/mol. The van der Waals surface area contributed by atoms with E-state index >= 15 is 0 Å². The summed E-state index contributed by atoms with van der Waals surface area (Å²) in [7, 11) is 1.63. The first-order valence-electron chi connectivity index (χ1n) is 5.20. The van der Waals surface area contributed by atoms with Gasteiger partial charge in [-0.3, -0.25) is 9.59 Å². The third kappa shape index (κ3) is 3.51. The van der Waals surface area contributed by atoms with E-state index in [2.05, 4.69) is 0 Å². The average molecular weight is 214 g/mol. The van der Waals surface area contributed by atoms with Gasteiger partial charge in [0.1, 0.15) is 0 Å². The lowest BCUT2D eigenvalue weighted by atomic mass is 10.3. The van der Waals surface area contributed by atoms with E-state index in [-0.39, 0.29) is 18.4 Å². The maximum absolute atomic E-state index is 11.6. The number of aliphatic hydroxyl groups is 1. The van der Waals surface area contributed by atoms with Crippen LogP contribution in [-0.4, -0.2) is 59.5 Å². The van der Waals surface area contributed by atoms with Crippen LogP contribution in [-0.2, 0) is 9.59 Å². The van der Waals surface area contributed by atoms with Gasteiger partial charge in [-0.25, -0.2) is 0 Å². The molecule has 1 fully saturated rings. The third-order valence-electron chi connectivity index (χ3n) is 2.46. The third-order valence-corrected chi connectivity index (χ3v) is 2.46. The van der Waals surface area contributed by atoms with Crippen LogP contribution < -0.4 is 0 Å². The smallest absolute Gasteiger partial charge is 0.242 e. The van der Waals surface area contributed by atoms with E-state index in [0.717, 1.165) is 6.42 Å². The molecule has 0 unspecified atom stereocenters. The first-order chi connectivity index (χ1) is 7.00. The fourth-order valence-corrected chi connectivity index (χ4v) is 1.65. The molecule has 0 bridgehead atoms. The van der Waals surface area contributed by atoms with Crippen molar-refractivity contribution < 1.29 is 14.7 Å². The summed E-state index contributed by atoms with van der Waals surface area (Å²) in [5.41, 5.74) is 0. The van der Waals surface area contributed by atoms with E-state index in [1.54, 1.807) is 18.9 Å². The largest absolute Gasteiger partial charge is 0.392 e. The van der Waals surface area contributed by atoms with Crippen molar-refractivity contribution in [2.45, 2.75) is 25.9 Å². The van der Waals surface area contributed by atoms with Crippen molar-refractivity contribution in [1.29, 1.82) is 0 Å². The van der Waals surface area contributed by atoms with Gasteiger partial charge in [-0.05, 0) is 13.3 Å². The lowest BCUT2D eigenvalue weighted by molar-refractivity contribution is -0.138. The highest BCUT2D eigenvalue weighted by Gasteiger charge is 2.23. The summed E-state index contributed by atoms with van der Waals surface area (Å²) in [6.07, 6.45) is 0.854. The van der Waals surface area contributed by atoms with Gasteiger partial charge in [0.2, 0.25) is 11.8 Å². The average Bonchev–Trinajstić information content (AvgIpc) is 2.50. The van der Waals surface area contributed by atoms with Gasteiger partial charge in [-0.1, -0.05) is 0 Å². The van der Waals surface area contributed by atoms with Gasteiger partial charge in [0.05, 0.1) is 12.6 Å². The van der Waals surface area contributed by atoms with Gasteiger partial charge in [-0.2, -0.15) is 0 Å². The number of amides is 2. The molecule has 1 N–H and O–H groups in total. The predicted molar refractivity (Wildman–Crippen MR) is 55.1 cm³/mol. The van der Waals surface area contributed by atoms with E-state index in [9.17, 15) is 9.59 Å². The van der Waals surface area contributed by atoms with Gasteiger partial charge < -0.3 is 14.9 Å². The number of hydrogen-bond acceptors (Lipinski definition) is 3. The molecule has 1 atom stereocenters. The molecule has 1 aliphatic heterocycles. The van der Waals surface area contributed by atoms with Gasteiger partial charge >= 0.3 is 0 Å². The van der Waals surface area contributed by atoms with Crippen molar-refractivity contribution in [2.24, 2.45) is 0 Å². The number of carbonyl (C=O) groups excluding carboxylic acids is 2. The molecule has 0 spiro atoms. The molecule has 0 aromatic carbocycles. The van der Waals surface area contributed by atoms with E-state index in [1.807, 2.05) is 0 Å². The quantitative estimate of drug-likeness (QED) is 0.683. The maximum atomic E-state index is 11.6. The summed E-state index contributed by atoms with van der Waals surface area (Å²) in [6, 6.07) is 0. The van der Waals surface area contributed by atoms with Gasteiger partial charge in [0, 0.05) is 26.6 Å². The molecule has 1 rings (SSSR count). The fraction of sp³-hybridized carbons (Fsp3) is 0.800. The van der Waals surface area contributed by atoms with Crippen LogP contribution in [0.1, 0.15) is 19.8 Å². The Kier molecular flexibility index (Phi) is 4.08. The zero-order valence-electron chi connectivity index (χ0n) is 9.27. The number of likely N-dealkylation sites (N-methyl/N-ethyl adjacent to an activating group) is 1. The number of nitrogens with zero attached hydrogens (tertiary/aromatic N) is 2. The normalized spacial score (nSPS) is 18.1. The van der Waals surface area contributed by atoms with Crippen LogP contribution in [0.25, 0.3) is 0 Å². The molecule has 2 amide bonds. The summed E-state index contributed by atoms with van der Waals surface area (Å²) in [6.45, 7) is 2.75. The summed E-state index contributed by atoms with van der Waals surface area (Å²) >= 11 is 0. The van der Waals surface area contributed by atoms with Crippen molar-refractivity contribution in [1.82, 2.24) is 9.80 Å². The second-order valence-corrected chi connectivity index (χ2v) is 4.04. The van der Waals surface area contributed by atoms with Crippen molar-refractivity contribution >= 4 is 11.8 Å². The van der Waals surface area contributed by atoms with Gasteiger partial charge in [0.25, 0.3) is 0 Å². The minimum atomic E-state index is -0.534. The molecule has 1 heterocycles. The molecule has 5 nitrogen and oxygen atoms in total. The molecular formula is C10H18N2O3. The Morgan fingerprint density at radius 1 is 1.67 bits per heavy atom. The van der Waals surface area contributed by atoms with Crippen LogP contribution >= 0.6 is 0 Å². The Balaban J connectivity index is 2.37. The van der Waals surface area contributed by atoms with Crippen LogP contribution in [0, 0.1) is 0 Å². The molecule has 1 aliphatic rings. The Bertz CT molecular complexity index is 253. The highest BCUT2D eigenvalue weighted by atomic mass is 16.3. The summed E-state index contributed by atoms with van der Waals surface area (Å²) in [5.74, 6) is -0.0695. The summed E-state index contributed by atoms with van der Waals surface area (Å²) in [5, 5.41) is 9.11. The van der Waals surface area contributed by atoms with E-state index in [1.165, 1.54) is 4.90 Å². The highest BCUT2D eigenvalue weighted by molar-refractivity contribution is 5.85. The first-order valence-corrected chi connectivity index (χ1v) is 5.20. The molecule has 0 aromatic rings. The van der Waals surface area contributed by atoms with Crippen LogP contribution in [0.3, 0.4) is 0 Å². The number of hydrogen-bond donors (Lipinski definition) is 1. The molecule has 0 saturated carbocycles. The van der Waals surface area contributed by atoms with Crippen LogP contribution in [0.2, 0.25) is 0 Å². The van der Waals surface area contributed by atoms with Gasteiger partial charge in [0.15, 0.2) is 0 Å². The Morgan fingerprint density at radius 3 is 2.80 bits per heavy atom. The van der Waals surface area contributed by atoms with Crippen molar-refractivity contribution in [3.05, 3.63) is 0 Å². The minimum Gasteiger partial charge on any atom is -0.392 e. The first kappa shape index (κ1) is 12.0. The van der Waals surface area contributed by atoms with Crippen molar-refractivity contribution in [2.75, 3.05) is 26.7 Å². The van der Waals surface area contributed by atoms with Crippen LogP contribution in [0.15, 0.2) is 0 Å². The predicted octanol–water partition coefficient (Wildman–Crippen LogP) is -0.552. The highest BCUT2D eigenvalue weighted by Crippen LogP contribution is 2.09. The van der Waals surface area contributed by atoms with Gasteiger partial charge in [-0.15, -0.1) is 0 Å². The number of aliphatic hydroxyl groups excluding tert-OH is 1. The van der Waals surface area contributed by atoms with Crippen LogP contribution in [0.5, 0.6) is 0 Å². The zero-order chi connectivity index (χ0) is 11.4. The second kappa shape index (κ2) is 5.11. The lowest BCUT2D eigenvalue weighted by Gasteiger charge is -2.22. The van der Waals surface area contributed by atoms with Crippen LogP contribution in [0.4, 0.5) is 0 Å². The number of carbonyl (C=O) groups is 2. The minimum absolute atomic E-state index is 0.0498. The summed E-state index contributed by atoms with van der Waals surface area (Å²) < 4.78 is 0. The molecule has 0 aromatic heterocycles. The second-order valence-electron chi connectivity index (χ2n) is 4.04. The van der Waals surface area contributed by atoms with E-state index < -0.39 is 6.10 Å². The molecular weight excluding hydrogens is 196 g/mol. The SMILES string of the molecule is C[C@@H](O)CN(C)C(=O)CN1CCCC1=O. The van der Waals surface area contributed by atoms with E-state index in [4.69, 9.17) is 5.11 Å². The molecule has 15 heavy (non-hydrogen) atoms. The van der Waals surface area contributed by atoms with Crippen molar-refractivity contribution in [3.8, 4) is 0 Å². The Labute approximate surface area is 89.7 Å². The molecule has 0 radical (unpaired) electrons. The zero-order valence-corrected chi connectivity index (χ0v) is 9.27. The number of rotatable bonds is 4. The fourth-order valence-electron chi connectivity index (χ4n) is 1.65. The lowest BCUT2D eigenvalue weighted by Crippen LogP contribution is -2.41. The standard InChI is InChI=1S/C10H18N2O3/c1-8(13)6-11(2)10(15)7-12-5-3-4-9(12)14/h8,13H,3-7H2,1-2H3/t8-/m1/s1. The Hall–Kier alpha value is -1.10.